The number of nitrogens with two attached hydrogens (primary N) is 1. The molecular formula is C11H14Cl2N2O3S. The standard InChI is InChI=1S/C11H14Cl2N2O3S/c1-6-4-8(12)7(2)11(10(6)13)19(17,18)15(3)5-9(14)16/h4H,5H2,1-3H3,(H2,14,16). The van der Waals surface area contributed by atoms with Crippen molar-refractivity contribution in [3.05, 3.63) is 27.2 Å². The van der Waals surface area contributed by atoms with Crippen LogP contribution < -0.4 is 5.73 Å². The maximum atomic E-state index is 12.4. The lowest BCUT2D eigenvalue weighted by Crippen LogP contribution is -2.35. The van der Waals surface area contributed by atoms with E-state index in [1.54, 1.807) is 19.9 Å². The Bertz CT molecular complexity index is 603. The van der Waals surface area contributed by atoms with Crippen LogP contribution in [-0.4, -0.2) is 32.2 Å². The second-order valence-corrected chi connectivity index (χ2v) is 6.94. The van der Waals surface area contributed by atoms with Crippen molar-refractivity contribution < 1.29 is 13.2 Å². The van der Waals surface area contributed by atoms with E-state index in [0.29, 0.717) is 16.1 Å². The second-order valence-electron chi connectivity index (χ2n) is 4.17. The monoisotopic (exact) mass is 324 g/mol. The van der Waals surface area contributed by atoms with Crippen LogP contribution >= 0.6 is 23.2 Å². The van der Waals surface area contributed by atoms with Crippen LogP contribution in [0.1, 0.15) is 11.1 Å². The maximum Gasteiger partial charge on any atom is 0.245 e. The topological polar surface area (TPSA) is 80.5 Å². The van der Waals surface area contributed by atoms with Gasteiger partial charge in [-0.25, -0.2) is 8.42 Å². The first kappa shape index (κ1) is 16.2. The Morgan fingerprint density at radius 2 is 1.89 bits per heavy atom. The van der Waals surface area contributed by atoms with Crippen molar-refractivity contribution in [2.75, 3.05) is 13.6 Å². The quantitative estimate of drug-likeness (QED) is 0.915. The number of likely N-dealkylation sites (N-methyl/N-ethyl adjacent to an activating group) is 1. The van der Waals surface area contributed by atoms with Crippen molar-refractivity contribution in [2.45, 2.75) is 18.7 Å². The summed E-state index contributed by atoms with van der Waals surface area (Å²) in [5.41, 5.74) is 5.89. The van der Waals surface area contributed by atoms with E-state index >= 15 is 0 Å². The van der Waals surface area contributed by atoms with Gasteiger partial charge in [0.1, 0.15) is 4.90 Å². The van der Waals surface area contributed by atoms with Gasteiger partial charge in [0.05, 0.1) is 11.6 Å². The predicted molar refractivity (Wildman–Crippen MR) is 74.9 cm³/mol. The molecule has 1 aromatic carbocycles. The van der Waals surface area contributed by atoms with E-state index in [9.17, 15) is 13.2 Å². The highest BCUT2D eigenvalue weighted by atomic mass is 35.5. The van der Waals surface area contributed by atoms with Crippen molar-refractivity contribution >= 4 is 39.1 Å². The van der Waals surface area contributed by atoms with Crippen molar-refractivity contribution in [1.82, 2.24) is 4.31 Å². The first-order chi connectivity index (χ1) is 8.59. The SMILES string of the molecule is Cc1cc(Cl)c(C)c(S(=O)(=O)N(C)CC(N)=O)c1Cl. The lowest BCUT2D eigenvalue weighted by atomic mass is 10.2. The summed E-state index contributed by atoms with van der Waals surface area (Å²) in [5, 5.41) is 0.395. The molecule has 0 aromatic heterocycles. The minimum absolute atomic E-state index is 0.0945. The van der Waals surface area contributed by atoms with E-state index in [2.05, 4.69) is 0 Å². The minimum atomic E-state index is -3.92. The Morgan fingerprint density at radius 3 is 2.37 bits per heavy atom. The maximum absolute atomic E-state index is 12.4. The fourth-order valence-corrected chi connectivity index (χ4v) is 3.88. The van der Waals surface area contributed by atoms with E-state index in [0.717, 1.165) is 4.31 Å². The van der Waals surface area contributed by atoms with E-state index in [4.69, 9.17) is 28.9 Å². The van der Waals surface area contributed by atoms with Gasteiger partial charge in [-0.3, -0.25) is 4.79 Å². The van der Waals surface area contributed by atoms with Crippen LogP contribution in [0.4, 0.5) is 0 Å². The number of hydrogen-bond acceptors (Lipinski definition) is 3. The fraction of sp³-hybridized carbons (Fsp3) is 0.364. The average molecular weight is 325 g/mol. The molecule has 0 bridgehead atoms. The molecule has 0 fully saturated rings. The zero-order chi connectivity index (χ0) is 15.0. The van der Waals surface area contributed by atoms with Gasteiger partial charge in [0, 0.05) is 12.1 Å². The molecule has 0 aliphatic carbocycles. The molecule has 8 heteroatoms. The fourth-order valence-electron chi connectivity index (χ4n) is 1.58. The molecule has 5 nitrogen and oxygen atoms in total. The van der Waals surface area contributed by atoms with Crippen LogP contribution in [-0.2, 0) is 14.8 Å². The van der Waals surface area contributed by atoms with Crippen LogP contribution in [0.5, 0.6) is 0 Å². The molecular weight excluding hydrogens is 311 g/mol. The number of benzene rings is 1. The summed E-state index contributed by atoms with van der Waals surface area (Å²) in [6.45, 7) is 2.78. The van der Waals surface area contributed by atoms with Gasteiger partial charge in [-0.1, -0.05) is 23.2 Å². The summed E-state index contributed by atoms with van der Waals surface area (Å²) in [5.74, 6) is -0.751. The summed E-state index contributed by atoms with van der Waals surface area (Å²) in [7, 11) is -2.67. The average Bonchev–Trinajstić information content (AvgIpc) is 2.25. The van der Waals surface area contributed by atoms with Gasteiger partial charge in [0.2, 0.25) is 15.9 Å². The third-order valence-corrected chi connectivity index (χ3v) is 5.60. The summed E-state index contributed by atoms with van der Waals surface area (Å²) in [6, 6.07) is 1.59. The number of carbonyl (C=O) groups excluding carboxylic acids is 1. The van der Waals surface area contributed by atoms with Gasteiger partial charge >= 0.3 is 0 Å². The number of amides is 1. The summed E-state index contributed by atoms with van der Waals surface area (Å²) in [4.78, 5) is 10.8. The third-order valence-electron chi connectivity index (χ3n) is 2.63. The summed E-state index contributed by atoms with van der Waals surface area (Å²) < 4.78 is 25.6. The molecule has 0 aliphatic rings. The highest BCUT2D eigenvalue weighted by Gasteiger charge is 2.28. The number of sulfonamides is 1. The molecule has 1 rings (SSSR count). The smallest absolute Gasteiger partial charge is 0.245 e. The van der Waals surface area contributed by atoms with Gasteiger partial charge in [-0.05, 0) is 31.0 Å². The molecule has 0 aliphatic heterocycles. The highest BCUT2D eigenvalue weighted by molar-refractivity contribution is 7.89. The van der Waals surface area contributed by atoms with Crippen LogP contribution in [0.25, 0.3) is 0 Å². The Balaban J connectivity index is 3.49. The Kier molecular flexibility index (Phi) is 4.84. The molecule has 0 atom stereocenters. The molecule has 106 valence electrons. The van der Waals surface area contributed by atoms with Crippen LogP contribution in [0.15, 0.2) is 11.0 Å². The zero-order valence-electron chi connectivity index (χ0n) is 10.7. The van der Waals surface area contributed by atoms with E-state index in [-0.39, 0.29) is 9.92 Å². The van der Waals surface area contributed by atoms with E-state index in [1.807, 2.05) is 0 Å². The minimum Gasteiger partial charge on any atom is -0.369 e. The number of aryl methyl sites for hydroxylation is 1. The Morgan fingerprint density at radius 1 is 1.37 bits per heavy atom. The van der Waals surface area contributed by atoms with Gasteiger partial charge in [-0.15, -0.1) is 0 Å². The lowest BCUT2D eigenvalue weighted by Gasteiger charge is -2.19. The Labute approximate surface area is 122 Å². The first-order valence-electron chi connectivity index (χ1n) is 5.29. The molecule has 0 heterocycles. The van der Waals surface area contributed by atoms with Gasteiger partial charge < -0.3 is 5.73 Å². The van der Waals surface area contributed by atoms with Crippen LogP contribution in [0, 0.1) is 13.8 Å². The number of nitrogens with zero attached hydrogens (tertiary/aromatic N) is 1. The third kappa shape index (κ3) is 3.20. The molecule has 2 N–H and O–H groups in total. The normalized spacial score (nSPS) is 11.9. The van der Waals surface area contributed by atoms with Crippen LogP contribution in [0.2, 0.25) is 10.0 Å². The number of halogens is 2. The van der Waals surface area contributed by atoms with E-state index in [1.165, 1.54) is 7.05 Å². The molecule has 1 amide bonds. The number of rotatable bonds is 4. The predicted octanol–water partition coefficient (Wildman–Crippen LogP) is 1.72. The summed E-state index contributed by atoms with van der Waals surface area (Å²) >= 11 is 12.0. The first-order valence-corrected chi connectivity index (χ1v) is 7.48. The van der Waals surface area contributed by atoms with E-state index < -0.39 is 22.5 Å². The van der Waals surface area contributed by atoms with Gasteiger partial charge in [0.25, 0.3) is 0 Å². The molecule has 0 radical (unpaired) electrons. The van der Waals surface area contributed by atoms with Gasteiger partial charge in [0.15, 0.2) is 0 Å². The van der Waals surface area contributed by atoms with Crippen molar-refractivity contribution in [1.29, 1.82) is 0 Å². The molecule has 1 aromatic rings. The largest absolute Gasteiger partial charge is 0.369 e. The summed E-state index contributed by atoms with van der Waals surface area (Å²) in [6.07, 6.45) is 0. The second kappa shape index (κ2) is 5.66. The molecule has 0 unspecified atom stereocenters. The highest BCUT2D eigenvalue weighted by Crippen LogP contribution is 2.34. The van der Waals surface area contributed by atoms with Gasteiger partial charge in [-0.2, -0.15) is 4.31 Å². The van der Waals surface area contributed by atoms with Crippen molar-refractivity contribution in [3.8, 4) is 0 Å². The molecule has 0 spiro atoms. The number of carbonyl (C=O) groups is 1. The van der Waals surface area contributed by atoms with Crippen molar-refractivity contribution in [3.63, 3.8) is 0 Å². The molecule has 19 heavy (non-hydrogen) atoms. The Hall–Kier alpha value is -0.820. The molecule has 0 saturated carbocycles. The molecule has 0 saturated heterocycles. The number of primary amides is 1. The van der Waals surface area contributed by atoms with Crippen LogP contribution in [0.3, 0.4) is 0 Å². The number of hydrogen-bond donors (Lipinski definition) is 1. The lowest BCUT2D eigenvalue weighted by molar-refractivity contribution is -0.118. The zero-order valence-corrected chi connectivity index (χ0v) is 13.0. The van der Waals surface area contributed by atoms with Crippen molar-refractivity contribution in [2.24, 2.45) is 5.73 Å².